The molecule has 2 rings (SSSR count). The molecule has 1 atom stereocenters. The van der Waals surface area contributed by atoms with Gasteiger partial charge in [-0.15, -0.1) is 0 Å². The Labute approximate surface area is 147 Å². The van der Waals surface area contributed by atoms with Crippen molar-refractivity contribution in [3.05, 3.63) is 59.2 Å². The average molecular weight is 345 g/mol. The van der Waals surface area contributed by atoms with Crippen molar-refractivity contribution in [1.82, 2.24) is 5.32 Å². The Bertz CT molecular complexity index is 717. The predicted octanol–water partition coefficient (Wildman–Crippen LogP) is 2.62. The van der Waals surface area contributed by atoms with Gasteiger partial charge in [0.2, 0.25) is 0 Å². The number of carbonyl (C=O) groups is 1. The third-order valence-electron chi connectivity index (χ3n) is 3.82. The summed E-state index contributed by atoms with van der Waals surface area (Å²) in [5.74, 6) is 0.257. The molecule has 25 heavy (non-hydrogen) atoms. The van der Waals surface area contributed by atoms with Crippen molar-refractivity contribution in [2.24, 2.45) is 0 Å². The van der Waals surface area contributed by atoms with Gasteiger partial charge in [-0.3, -0.25) is 0 Å². The van der Waals surface area contributed by atoms with E-state index in [-0.39, 0.29) is 24.8 Å². The number of hydrogen-bond donors (Lipinski definition) is 3. The Morgan fingerprint density at radius 3 is 2.68 bits per heavy atom. The number of carboxylic acid groups (broad SMARTS) is 1. The minimum absolute atomic E-state index is 0.0364. The molecule has 6 heteroatoms. The van der Waals surface area contributed by atoms with E-state index in [2.05, 4.69) is 5.32 Å². The summed E-state index contributed by atoms with van der Waals surface area (Å²) >= 11 is 0. The minimum Gasteiger partial charge on any atom is -0.493 e. The third-order valence-corrected chi connectivity index (χ3v) is 3.82. The first-order chi connectivity index (χ1) is 12.0. The molecular weight excluding hydrogens is 322 g/mol. The SMILES string of the molecule is COc1cc(C(C)NCc2cccc(C(=O)O)c2)ccc1OCCO. The molecule has 2 aromatic rings. The van der Waals surface area contributed by atoms with E-state index in [1.807, 2.05) is 31.2 Å². The van der Waals surface area contributed by atoms with Gasteiger partial charge in [0.1, 0.15) is 6.61 Å². The molecule has 0 aliphatic heterocycles. The summed E-state index contributed by atoms with van der Waals surface area (Å²) < 4.78 is 10.8. The number of aromatic carboxylic acids is 1. The first kappa shape index (κ1) is 18.8. The second-order valence-electron chi connectivity index (χ2n) is 5.59. The lowest BCUT2D eigenvalue weighted by atomic mass is 10.1. The molecule has 0 heterocycles. The highest BCUT2D eigenvalue weighted by Crippen LogP contribution is 2.30. The molecule has 0 aliphatic rings. The van der Waals surface area contributed by atoms with E-state index in [9.17, 15) is 4.79 Å². The van der Waals surface area contributed by atoms with Gasteiger partial charge in [0, 0.05) is 12.6 Å². The van der Waals surface area contributed by atoms with Crippen molar-refractivity contribution >= 4 is 5.97 Å². The number of ether oxygens (including phenoxy) is 2. The summed E-state index contributed by atoms with van der Waals surface area (Å²) in [7, 11) is 1.57. The van der Waals surface area contributed by atoms with Gasteiger partial charge >= 0.3 is 5.97 Å². The number of nitrogens with one attached hydrogen (secondary N) is 1. The molecular formula is C19H23NO5. The van der Waals surface area contributed by atoms with Crippen LogP contribution in [0.15, 0.2) is 42.5 Å². The van der Waals surface area contributed by atoms with Crippen molar-refractivity contribution in [1.29, 1.82) is 0 Å². The smallest absolute Gasteiger partial charge is 0.335 e. The summed E-state index contributed by atoms with van der Waals surface area (Å²) in [5, 5.41) is 21.3. The monoisotopic (exact) mass is 345 g/mol. The minimum atomic E-state index is -0.932. The summed E-state index contributed by atoms with van der Waals surface area (Å²) in [6, 6.07) is 12.5. The van der Waals surface area contributed by atoms with Crippen LogP contribution < -0.4 is 14.8 Å². The molecule has 2 aromatic carbocycles. The van der Waals surface area contributed by atoms with E-state index in [0.717, 1.165) is 11.1 Å². The third kappa shape index (κ3) is 5.20. The first-order valence-electron chi connectivity index (χ1n) is 8.02. The van der Waals surface area contributed by atoms with Gasteiger partial charge in [-0.2, -0.15) is 0 Å². The quantitative estimate of drug-likeness (QED) is 0.647. The van der Waals surface area contributed by atoms with E-state index in [1.165, 1.54) is 0 Å². The fourth-order valence-corrected chi connectivity index (χ4v) is 2.43. The van der Waals surface area contributed by atoms with Crippen LogP contribution in [0.4, 0.5) is 0 Å². The Kier molecular flexibility index (Phi) is 6.80. The van der Waals surface area contributed by atoms with E-state index in [4.69, 9.17) is 19.7 Å². The molecule has 3 N–H and O–H groups in total. The Morgan fingerprint density at radius 2 is 2.00 bits per heavy atom. The number of aliphatic hydroxyl groups excluding tert-OH is 1. The highest BCUT2D eigenvalue weighted by atomic mass is 16.5. The first-order valence-corrected chi connectivity index (χ1v) is 8.02. The predicted molar refractivity (Wildman–Crippen MR) is 94.2 cm³/mol. The summed E-state index contributed by atoms with van der Waals surface area (Å²) in [4.78, 5) is 11.0. The Balaban J connectivity index is 2.04. The molecule has 0 saturated heterocycles. The molecule has 0 saturated carbocycles. The highest BCUT2D eigenvalue weighted by Gasteiger charge is 2.11. The molecule has 0 fully saturated rings. The van der Waals surface area contributed by atoms with Gasteiger partial charge in [-0.1, -0.05) is 18.2 Å². The lowest BCUT2D eigenvalue weighted by Gasteiger charge is -2.17. The van der Waals surface area contributed by atoms with E-state index < -0.39 is 5.97 Å². The molecule has 0 aromatic heterocycles. The highest BCUT2D eigenvalue weighted by molar-refractivity contribution is 5.87. The zero-order valence-electron chi connectivity index (χ0n) is 14.4. The van der Waals surface area contributed by atoms with Crippen molar-refractivity contribution in [3.63, 3.8) is 0 Å². The van der Waals surface area contributed by atoms with Crippen LogP contribution >= 0.6 is 0 Å². The molecule has 0 amide bonds. The Morgan fingerprint density at radius 1 is 1.20 bits per heavy atom. The fraction of sp³-hybridized carbons (Fsp3) is 0.316. The topological polar surface area (TPSA) is 88.0 Å². The molecule has 134 valence electrons. The number of hydrogen-bond acceptors (Lipinski definition) is 5. The molecule has 6 nitrogen and oxygen atoms in total. The standard InChI is InChI=1S/C19H23NO5/c1-13(20-12-14-4-3-5-16(10-14)19(22)23)15-6-7-17(25-9-8-21)18(11-15)24-2/h3-7,10-11,13,20-21H,8-9,12H2,1-2H3,(H,22,23). The lowest BCUT2D eigenvalue weighted by molar-refractivity contribution is 0.0696. The zero-order valence-corrected chi connectivity index (χ0v) is 14.4. The normalized spacial score (nSPS) is 11.8. The zero-order chi connectivity index (χ0) is 18.2. The molecule has 0 bridgehead atoms. The summed E-state index contributed by atoms with van der Waals surface area (Å²) in [6.07, 6.45) is 0. The van der Waals surface area contributed by atoms with Gasteiger partial charge in [0.25, 0.3) is 0 Å². The van der Waals surface area contributed by atoms with Gasteiger partial charge < -0.3 is 25.0 Å². The molecule has 0 aliphatic carbocycles. The molecule has 0 spiro atoms. The van der Waals surface area contributed by atoms with Gasteiger partial charge in [0.15, 0.2) is 11.5 Å². The Hall–Kier alpha value is -2.57. The number of rotatable bonds is 9. The second-order valence-corrected chi connectivity index (χ2v) is 5.59. The molecule has 0 radical (unpaired) electrons. The van der Waals surface area contributed by atoms with Crippen LogP contribution in [0, 0.1) is 0 Å². The van der Waals surface area contributed by atoms with Crippen molar-refractivity contribution in [2.45, 2.75) is 19.5 Å². The van der Waals surface area contributed by atoms with Crippen LogP contribution in [0.1, 0.15) is 34.5 Å². The van der Waals surface area contributed by atoms with Crippen molar-refractivity contribution in [2.75, 3.05) is 20.3 Å². The summed E-state index contributed by atoms with van der Waals surface area (Å²) in [6.45, 7) is 2.72. The molecule has 1 unspecified atom stereocenters. The van der Waals surface area contributed by atoms with Crippen LogP contribution in [0.5, 0.6) is 11.5 Å². The van der Waals surface area contributed by atoms with Crippen LogP contribution in [0.25, 0.3) is 0 Å². The maximum absolute atomic E-state index is 11.0. The van der Waals surface area contributed by atoms with E-state index in [0.29, 0.717) is 18.0 Å². The van der Waals surface area contributed by atoms with Crippen molar-refractivity contribution in [3.8, 4) is 11.5 Å². The maximum Gasteiger partial charge on any atom is 0.335 e. The van der Waals surface area contributed by atoms with Gasteiger partial charge in [-0.25, -0.2) is 4.79 Å². The van der Waals surface area contributed by atoms with Crippen LogP contribution in [0.3, 0.4) is 0 Å². The number of methoxy groups -OCH3 is 1. The van der Waals surface area contributed by atoms with E-state index in [1.54, 1.807) is 25.3 Å². The fourth-order valence-electron chi connectivity index (χ4n) is 2.43. The second kappa shape index (κ2) is 9.05. The van der Waals surface area contributed by atoms with Crippen molar-refractivity contribution < 1.29 is 24.5 Å². The number of carboxylic acids is 1. The average Bonchev–Trinajstić information content (AvgIpc) is 2.64. The van der Waals surface area contributed by atoms with Crippen LogP contribution in [-0.4, -0.2) is 36.5 Å². The summed E-state index contributed by atoms with van der Waals surface area (Å²) in [5.41, 5.74) is 2.20. The number of aliphatic hydroxyl groups is 1. The van der Waals surface area contributed by atoms with Crippen LogP contribution in [0.2, 0.25) is 0 Å². The maximum atomic E-state index is 11.0. The van der Waals surface area contributed by atoms with Gasteiger partial charge in [0.05, 0.1) is 19.3 Å². The van der Waals surface area contributed by atoms with E-state index >= 15 is 0 Å². The number of benzene rings is 2. The largest absolute Gasteiger partial charge is 0.493 e. The van der Waals surface area contributed by atoms with Gasteiger partial charge in [-0.05, 0) is 42.3 Å². The van der Waals surface area contributed by atoms with Crippen LogP contribution in [-0.2, 0) is 6.54 Å². The lowest BCUT2D eigenvalue weighted by Crippen LogP contribution is -2.18.